The topological polar surface area (TPSA) is 95.6 Å². The first kappa shape index (κ1) is 22.5. The lowest BCUT2D eigenvalue weighted by Gasteiger charge is -2.18. The molecule has 5 N–H and O–H groups in total. The third kappa shape index (κ3) is 7.32. The molecule has 0 radical (unpaired) electrons. The molecule has 0 fully saturated rings. The summed E-state index contributed by atoms with van der Waals surface area (Å²) in [6, 6.07) is 13.3. The Kier molecular flexibility index (Phi) is 9.06. The Balaban J connectivity index is 1.82. The molecule has 28 heavy (non-hydrogen) atoms. The monoisotopic (exact) mass is 424 g/mol. The van der Waals surface area contributed by atoms with Gasteiger partial charge < -0.3 is 21.3 Å². The lowest BCUT2D eigenvalue weighted by molar-refractivity contribution is -0.138. The quantitative estimate of drug-likeness (QED) is 0.403. The van der Waals surface area contributed by atoms with Crippen molar-refractivity contribution in [2.75, 3.05) is 18.8 Å². The molecule has 0 saturated heterocycles. The summed E-state index contributed by atoms with van der Waals surface area (Å²) >= 11 is 12.0. The van der Waals surface area contributed by atoms with E-state index >= 15 is 0 Å². The van der Waals surface area contributed by atoms with E-state index in [0.717, 1.165) is 19.3 Å². The Morgan fingerprint density at radius 2 is 1.75 bits per heavy atom. The molecule has 2 aromatic carbocycles. The van der Waals surface area contributed by atoms with E-state index < -0.39 is 12.1 Å². The average molecular weight is 425 g/mol. The molecule has 0 heterocycles. The zero-order valence-electron chi connectivity index (χ0n) is 15.6. The maximum atomic E-state index is 11.1. The number of nitrogens with one attached hydrogen (secondary N) is 1. The summed E-state index contributed by atoms with van der Waals surface area (Å²) in [5.41, 5.74) is 7.81. The highest BCUT2D eigenvalue weighted by atomic mass is 35.5. The van der Waals surface area contributed by atoms with E-state index in [2.05, 4.69) is 17.4 Å². The van der Waals surface area contributed by atoms with Gasteiger partial charge in [0.05, 0.1) is 21.8 Å². The van der Waals surface area contributed by atoms with Crippen molar-refractivity contribution in [3.05, 3.63) is 63.6 Å². The molecule has 0 aliphatic carbocycles. The molecule has 2 unspecified atom stereocenters. The van der Waals surface area contributed by atoms with Gasteiger partial charge in [-0.05, 0) is 55.0 Å². The van der Waals surface area contributed by atoms with Gasteiger partial charge in [-0.3, -0.25) is 4.79 Å². The summed E-state index contributed by atoms with van der Waals surface area (Å²) in [6.07, 6.45) is 1.91. The second-order valence-electron chi connectivity index (χ2n) is 6.91. The molecular weight excluding hydrogens is 399 g/mol. The number of carboxylic acids is 1. The Labute approximate surface area is 175 Å². The van der Waals surface area contributed by atoms with Gasteiger partial charge in [-0.2, -0.15) is 0 Å². The first-order chi connectivity index (χ1) is 13.4. The van der Waals surface area contributed by atoms with Crippen LogP contribution in [0.2, 0.25) is 10.0 Å². The summed E-state index contributed by atoms with van der Waals surface area (Å²) < 4.78 is 0. The summed E-state index contributed by atoms with van der Waals surface area (Å²) in [5, 5.41) is 23.3. The van der Waals surface area contributed by atoms with Crippen molar-refractivity contribution in [3.8, 4) is 0 Å². The minimum atomic E-state index is -0.816. The molecule has 152 valence electrons. The van der Waals surface area contributed by atoms with Gasteiger partial charge in [0, 0.05) is 13.0 Å². The van der Waals surface area contributed by atoms with Crippen molar-refractivity contribution in [3.63, 3.8) is 0 Å². The van der Waals surface area contributed by atoms with E-state index in [9.17, 15) is 9.90 Å². The minimum Gasteiger partial charge on any atom is -0.481 e. The van der Waals surface area contributed by atoms with Gasteiger partial charge in [-0.25, -0.2) is 0 Å². The number of benzene rings is 2. The number of aliphatic carboxylic acids is 1. The van der Waals surface area contributed by atoms with Gasteiger partial charge in [0.25, 0.3) is 0 Å². The summed E-state index contributed by atoms with van der Waals surface area (Å²) in [7, 11) is 0. The molecule has 2 rings (SSSR count). The minimum absolute atomic E-state index is 0.00740. The SMILES string of the molecule is Nc1c(Cl)cc(C(O)CNCC(CCCc2ccccc2)CC(=O)O)cc1Cl. The third-order valence-corrected chi connectivity index (χ3v) is 5.27. The molecular formula is C21H26Cl2N2O3. The van der Waals surface area contributed by atoms with Crippen LogP contribution >= 0.6 is 23.2 Å². The zero-order valence-corrected chi connectivity index (χ0v) is 17.1. The lowest BCUT2D eigenvalue weighted by Crippen LogP contribution is -2.28. The van der Waals surface area contributed by atoms with Crippen LogP contribution in [0.15, 0.2) is 42.5 Å². The van der Waals surface area contributed by atoms with Crippen molar-refractivity contribution in [1.29, 1.82) is 0 Å². The Hall–Kier alpha value is -1.79. The summed E-state index contributed by atoms with van der Waals surface area (Å²) in [6.45, 7) is 0.778. The first-order valence-electron chi connectivity index (χ1n) is 9.25. The molecule has 0 aromatic heterocycles. The molecule has 0 bridgehead atoms. The number of hydrogen-bond acceptors (Lipinski definition) is 4. The molecule has 0 aliphatic rings. The van der Waals surface area contributed by atoms with E-state index in [1.807, 2.05) is 18.2 Å². The number of aryl methyl sites for hydroxylation is 1. The van der Waals surface area contributed by atoms with Crippen molar-refractivity contribution >= 4 is 34.9 Å². The number of nitrogen functional groups attached to an aromatic ring is 1. The highest BCUT2D eigenvalue weighted by Gasteiger charge is 2.16. The summed E-state index contributed by atoms with van der Waals surface area (Å²) in [5.74, 6) is -0.823. The van der Waals surface area contributed by atoms with Crippen LogP contribution in [0.1, 0.15) is 36.5 Å². The molecule has 7 heteroatoms. The number of hydrogen-bond donors (Lipinski definition) is 4. The van der Waals surface area contributed by atoms with E-state index in [-0.39, 0.29) is 24.6 Å². The fourth-order valence-electron chi connectivity index (χ4n) is 3.10. The van der Waals surface area contributed by atoms with Gasteiger partial charge in [0.1, 0.15) is 0 Å². The number of aliphatic hydroxyl groups excluding tert-OH is 1. The Morgan fingerprint density at radius 3 is 2.36 bits per heavy atom. The van der Waals surface area contributed by atoms with Crippen molar-refractivity contribution in [2.45, 2.75) is 31.8 Å². The number of nitrogens with two attached hydrogens (primary N) is 1. The molecule has 5 nitrogen and oxygen atoms in total. The molecule has 0 saturated carbocycles. The van der Waals surface area contributed by atoms with Crippen LogP contribution in [0.3, 0.4) is 0 Å². The van der Waals surface area contributed by atoms with E-state index in [1.54, 1.807) is 12.1 Å². The molecule has 0 aliphatic heterocycles. The van der Waals surface area contributed by atoms with Crippen molar-refractivity contribution < 1.29 is 15.0 Å². The number of halogens is 2. The van der Waals surface area contributed by atoms with Crippen LogP contribution in [0.4, 0.5) is 5.69 Å². The Bertz CT molecular complexity index is 748. The lowest BCUT2D eigenvalue weighted by atomic mass is 9.96. The van der Waals surface area contributed by atoms with Gasteiger partial charge in [-0.1, -0.05) is 53.5 Å². The van der Waals surface area contributed by atoms with E-state index in [1.165, 1.54) is 5.56 Å². The van der Waals surface area contributed by atoms with Gasteiger partial charge in [0.2, 0.25) is 0 Å². The average Bonchev–Trinajstić information content (AvgIpc) is 2.65. The number of anilines is 1. The second kappa shape index (κ2) is 11.3. The normalized spacial score (nSPS) is 13.2. The van der Waals surface area contributed by atoms with Crippen molar-refractivity contribution in [2.24, 2.45) is 5.92 Å². The molecule has 0 amide bonds. The fourth-order valence-corrected chi connectivity index (χ4v) is 3.61. The van der Waals surface area contributed by atoms with Crippen LogP contribution in [0.25, 0.3) is 0 Å². The largest absolute Gasteiger partial charge is 0.481 e. The number of carbonyl (C=O) groups is 1. The smallest absolute Gasteiger partial charge is 0.303 e. The van der Waals surface area contributed by atoms with Crippen LogP contribution in [0.5, 0.6) is 0 Å². The zero-order chi connectivity index (χ0) is 20.5. The van der Waals surface area contributed by atoms with Gasteiger partial charge >= 0.3 is 5.97 Å². The maximum absolute atomic E-state index is 11.1. The fraction of sp³-hybridized carbons (Fsp3) is 0.381. The van der Waals surface area contributed by atoms with E-state index in [0.29, 0.717) is 22.2 Å². The summed E-state index contributed by atoms with van der Waals surface area (Å²) in [4.78, 5) is 11.1. The first-order valence-corrected chi connectivity index (χ1v) is 10.0. The predicted octanol–water partition coefficient (Wildman–Crippen LogP) is 4.31. The van der Waals surface area contributed by atoms with Crippen LogP contribution < -0.4 is 11.1 Å². The second-order valence-corrected chi connectivity index (χ2v) is 7.73. The molecule has 2 atom stereocenters. The van der Waals surface area contributed by atoms with Crippen LogP contribution in [-0.2, 0) is 11.2 Å². The highest BCUT2D eigenvalue weighted by molar-refractivity contribution is 6.38. The van der Waals surface area contributed by atoms with E-state index in [4.69, 9.17) is 34.0 Å². The molecule has 0 spiro atoms. The van der Waals surface area contributed by atoms with Crippen LogP contribution in [-0.4, -0.2) is 29.3 Å². The number of rotatable bonds is 11. The van der Waals surface area contributed by atoms with Crippen LogP contribution in [0, 0.1) is 5.92 Å². The van der Waals surface area contributed by atoms with Gasteiger partial charge in [-0.15, -0.1) is 0 Å². The standard InChI is InChI=1S/C21H26Cl2N2O3/c22-17-10-16(11-18(23)21(17)24)19(26)13-25-12-15(9-20(27)28)8-4-7-14-5-2-1-3-6-14/h1-3,5-6,10-11,15,19,25-26H,4,7-9,12-13,24H2,(H,27,28). The van der Waals surface area contributed by atoms with Gasteiger partial charge in [0.15, 0.2) is 0 Å². The molecule has 2 aromatic rings. The third-order valence-electron chi connectivity index (χ3n) is 4.64. The highest BCUT2D eigenvalue weighted by Crippen LogP contribution is 2.31. The Morgan fingerprint density at radius 1 is 1.11 bits per heavy atom. The van der Waals surface area contributed by atoms with Crippen molar-refractivity contribution in [1.82, 2.24) is 5.32 Å². The number of carboxylic acid groups (broad SMARTS) is 1. The predicted molar refractivity (Wildman–Crippen MR) is 114 cm³/mol. The maximum Gasteiger partial charge on any atom is 0.303 e. The number of aliphatic hydroxyl groups is 1.